The topological polar surface area (TPSA) is 26.0 Å². The Morgan fingerprint density at radius 3 is 2.30 bits per heavy atom. The van der Waals surface area contributed by atoms with Gasteiger partial charge in [0.15, 0.2) is 0 Å². The molecular weight excluding hydrogens is 286 g/mol. The van der Waals surface area contributed by atoms with Crippen LogP contribution in [0.2, 0.25) is 5.02 Å². The molecule has 1 unspecified atom stereocenters. The smallest absolute Gasteiger partial charge is 0.0449 e. The van der Waals surface area contributed by atoms with Gasteiger partial charge in [-0.1, -0.05) is 35.5 Å². The van der Waals surface area contributed by atoms with Crippen LogP contribution in [-0.2, 0) is 6.42 Å². The van der Waals surface area contributed by atoms with Crippen LogP contribution in [-0.4, -0.2) is 6.04 Å². The molecule has 0 heterocycles. The first-order valence-corrected chi connectivity index (χ1v) is 7.94. The molecule has 0 saturated heterocycles. The summed E-state index contributed by atoms with van der Waals surface area (Å²) in [5.74, 6) is 0. The highest BCUT2D eigenvalue weighted by molar-refractivity contribution is 7.99. The normalized spacial score (nSPS) is 12.4. The second-order valence-electron chi connectivity index (χ2n) is 5.28. The van der Waals surface area contributed by atoms with Crippen LogP contribution >= 0.6 is 23.4 Å². The second-order valence-corrected chi connectivity index (χ2v) is 6.84. The van der Waals surface area contributed by atoms with Gasteiger partial charge in [0.25, 0.3) is 0 Å². The van der Waals surface area contributed by atoms with Gasteiger partial charge in [0, 0.05) is 20.9 Å². The number of halogens is 1. The molecule has 106 valence electrons. The summed E-state index contributed by atoms with van der Waals surface area (Å²) in [7, 11) is 0. The molecule has 0 aliphatic heterocycles. The molecule has 0 amide bonds. The Labute approximate surface area is 130 Å². The third-order valence-electron chi connectivity index (χ3n) is 3.28. The summed E-state index contributed by atoms with van der Waals surface area (Å²) in [5, 5.41) is 0.802. The summed E-state index contributed by atoms with van der Waals surface area (Å²) in [6.07, 6.45) is 0.813. The van der Waals surface area contributed by atoms with E-state index in [0.717, 1.165) is 21.9 Å². The quantitative estimate of drug-likeness (QED) is 0.860. The largest absolute Gasteiger partial charge is 0.328 e. The lowest BCUT2D eigenvalue weighted by Gasteiger charge is -2.10. The highest BCUT2D eigenvalue weighted by Gasteiger charge is 2.06. The molecule has 0 bridgehead atoms. The SMILES string of the molecule is Cc1ccc(Sc2ccc(CC(C)N)c(Cl)c2)cc1C. The zero-order chi connectivity index (χ0) is 14.7. The highest BCUT2D eigenvalue weighted by atomic mass is 35.5. The maximum absolute atomic E-state index is 6.33. The van der Waals surface area contributed by atoms with Crippen molar-refractivity contribution in [3.63, 3.8) is 0 Å². The first-order chi connectivity index (χ1) is 9.45. The third kappa shape index (κ3) is 4.02. The van der Waals surface area contributed by atoms with Gasteiger partial charge >= 0.3 is 0 Å². The highest BCUT2D eigenvalue weighted by Crippen LogP contribution is 2.32. The molecule has 3 heteroatoms. The van der Waals surface area contributed by atoms with Gasteiger partial charge in [-0.25, -0.2) is 0 Å². The van der Waals surface area contributed by atoms with E-state index in [9.17, 15) is 0 Å². The molecule has 2 aromatic rings. The summed E-state index contributed by atoms with van der Waals surface area (Å²) >= 11 is 8.06. The lowest BCUT2D eigenvalue weighted by Crippen LogP contribution is -2.17. The van der Waals surface area contributed by atoms with Crippen molar-refractivity contribution in [3.8, 4) is 0 Å². The predicted octanol–water partition coefficient (Wildman–Crippen LogP) is 5.00. The maximum Gasteiger partial charge on any atom is 0.0449 e. The van der Waals surface area contributed by atoms with Gasteiger partial charge in [-0.3, -0.25) is 0 Å². The van der Waals surface area contributed by atoms with Crippen LogP contribution in [0.25, 0.3) is 0 Å². The first kappa shape index (κ1) is 15.4. The van der Waals surface area contributed by atoms with Crippen LogP contribution in [0.4, 0.5) is 0 Å². The Kier molecular flexibility index (Phi) is 5.14. The van der Waals surface area contributed by atoms with E-state index in [4.69, 9.17) is 17.3 Å². The van der Waals surface area contributed by atoms with Gasteiger partial charge in [0.1, 0.15) is 0 Å². The molecule has 0 spiro atoms. The van der Waals surface area contributed by atoms with Crippen molar-refractivity contribution in [2.45, 2.75) is 43.0 Å². The monoisotopic (exact) mass is 305 g/mol. The number of hydrogen-bond acceptors (Lipinski definition) is 2. The van der Waals surface area contributed by atoms with Gasteiger partial charge in [0.05, 0.1) is 0 Å². The van der Waals surface area contributed by atoms with E-state index in [1.165, 1.54) is 16.0 Å². The van der Waals surface area contributed by atoms with E-state index in [-0.39, 0.29) is 6.04 Å². The lowest BCUT2D eigenvalue weighted by molar-refractivity contribution is 0.738. The summed E-state index contributed by atoms with van der Waals surface area (Å²) in [5.41, 5.74) is 9.57. The number of aryl methyl sites for hydroxylation is 2. The molecule has 2 N–H and O–H groups in total. The van der Waals surface area contributed by atoms with E-state index in [1.807, 2.05) is 13.0 Å². The van der Waals surface area contributed by atoms with Crippen LogP contribution in [0.15, 0.2) is 46.2 Å². The van der Waals surface area contributed by atoms with E-state index in [0.29, 0.717) is 0 Å². The van der Waals surface area contributed by atoms with Gasteiger partial charge in [-0.2, -0.15) is 0 Å². The Balaban J connectivity index is 2.17. The fourth-order valence-electron chi connectivity index (χ4n) is 2.02. The van der Waals surface area contributed by atoms with Crippen molar-refractivity contribution in [1.29, 1.82) is 0 Å². The molecule has 0 aliphatic carbocycles. The average Bonchev–Trinajstić information content (AvgIpc) is 2.37. The Hall–Kier alpha value is -0.960. The fraction of sp³-hybridized carbons (Fsp3) is 0.294. The van der Waals surface area contributed by atoms with Crippen LogP contribution < -0.4 is 5.73 Å². The van der Waals surface area contributed by atoms with E-state index < -0.39 is 0 Å². The summed E-state index contributed by atoms with van der Waals surface area (Å²) in [4.78, 5) is 2.40. The molecule has 1 nitrogen and oxygen atoms in total. The molecule has 2 aromatic carbocycles. The van der Waals surface area contributed by atoms with E-state index in [2.05, 4.69) is 44.2 Å². The minimum atomic E-state index is 0.130. The maximum atomic E-state index is 6.33. The van der Waals surface area contributed by atoms with Gasteiger partial charge in [-0.15, -0.1) is 0 Å². The first-order valence-electron chi connectivity index (χ1n) is 6.75. The number of hydrogen-bond donors (Lipinski definition) is 1. The number of benzene rings is 2. The van der Waals surface area contributed by atoms with Gasteiger partial charge in [-0.05, 0) is 68.1 Å². The molecule has 0 radical (unpaired) electrons. The van der Waals surface area contributed by atoms with Crippen molar-refractivity contribution in [1.82, 2.24) is 0 Å². The summed E-state index contributed by atoms with van der Waals surface area (Å²) in [6.45, 7) is 6.26. The zero-order valence-corrected chi connectivity index (χ0v) is 13.7. The zero-order valence-electron chi connectivity index (χ0n) is 12.1. The molecule has 0 aliphatic rings. The van der Waals surface area contributed by atoms with E-state index in [1.54, 1.807) is 11.8 Å². The minimum absolute atomic E-state index is 0.130. The van der Waals surface area contributed by atoms with Crippen LogP contribution in [0.3, 0.4) is 0 Å². The van der Waals surface area contributed by atoms with Crippen LogP contribution in [0.5, 0.6) is 0 Å². The van der Waals surface area contributed by atoms with E-state index >= 15 is 0 Å². The standard InChI is InChI=1S/C17H20ClNS/c1-11-4-6-15(8-12(11)2)20-16-7-5-14(9-13(3)19)17(18)10-16/h4-8,10,13H,9,19H2,1-3H3. The Morgan fingerprint density at radius 2 is 1.70 bits per heavy atom. The van der Waals surface area contributed by atoms with Crippen molar-refractivity contribution in [2.75, 3.05) is 0 Å². The fourth-order valence-corrected chi connectivity index (χ4v) is 3.30. The molecular formula is C17H20ClNS. The summed E-state index contributed by atoms with van der Waals surface area (Å²) < 4.78 is 0. The second kappa shape index (κ2) is 6.66. The average molecular weight is 306 g/mol. The summed E-state index contributed by atoms with van der Waals surface area (Å²) in [6, 6.07) is 12.9. The minimum Gasteiger partial charge on any atom is -0.328 e. The molecule has 0 saturated carbocycles. The predicted molar refractivity (Wildman–Crippen MR) is 88.8 cm³/mol. The van der Waals surface area contributed by atoms with Crippen LogP contribution in [0.1, 0.15) is 23.6 Å². The Morgan fingerprint density at radius 1 is 1.05 bits per heavy atom. The molecule has 2 rings (SSSR count). The third-order valence-corrected chi connectivity index (χ3v) is 4.61. The van der Waals surface area contributed by atoms with Gasteiger partial charge < -0.3 is 5.73 Å². The van der Waals surface area contributed by atoms with Crippen molar-refractivity contribution >= 4 is 23.4 Å². The Bertz CT molecular complexity index is 608. The molecule has 0 aromatic heterocycles. The van der Waals surface area contributed by atoms with Crippen molar-refractivity contribution in [2.24, 2.45) is 5.73 Å². The number of rotatable bonds is 4. The molecule has 0 fully saturated rings. The van der Waals surface area contributed by atoms with Crippen molar-refractivity contribution in [3.05, 3.63) is 58.1 Å². The molecule has 20 heavy (non-hydrogen) atoms. The van der Waals surface area contributed by atoms with Crippen molar-refractivity contribution < 1.29 is 0 Å². The van der Waals surface area contributed by atoms with Gasteiger partial charge in [0.2, 0.25) is 0 Å². The molecule has 1 atom stereocenters. The lowest BCUT2D eigenvalue weighted by atomic mass is 10.1. The number of nitrogens with two attached hydrogens (primary N) is 1. The van der Waals surface area contributed by atoms with Crippen LogP contribution in [0, 0.1) is 13.8 Å².